The number of esters is 1. The van der Waals surface area contributed by atoms with Gasteiger partial charge in [-0.2, -0.15) is 5.10 Å². The van der Waals surface area contributed by atoms with Crippen LogP contribution in [0.25, 0.3) is 5.69 Å². The van der Waals surface area contributed by atoms with Gasteiger partial charge in [-0.05, 0) is 44.4 Å². The predicted octanol–water partition coefficient (Wildman–Crippen LogP) is 3.31. The second-order valence-corrected chi connectivity index (χ2v) is 7.39. The van der Waals surface area contributed by atoms with E-state index in [9.17, 15) is 9.59 Å². The molecule has 27 heavy (non-hydrogen) atoms. The number of nitrogens with one attached hydrogen (secondary N) is 1. The summed E-state index contributed by atoms with van der Waals surface area (Å²) in [4.78, 5) is 24.4. The van der Waals surface area contributed by atoms with Crippen LogP contribution in [0.15, 0.2) is 18.2 Å². The number of aromatic nitrogens is 2. The molecule has 0 fully saturated rings. The van der Waals surface area contributed by atoms with Crippen LogP contribution in [-0.4, -0.2) is 34.8 Å². The van der Waals surface area contributed by atoms with Gasteiger partial charge in [0.2, 0.25) is 5.91 Å². The van der Waals surface area contributed by atoms with Crippen molar-refractivity contribution in [3.05, 3.63) is 45.7 Å². The summed E-state index contributed by atoms with van der Waals surface area (Å²) in [5, 5.41) is 7.98. The Bertz CT molecular complexity index is 858. The van der Waals surface area contributed by atoms with Crippen LogP contribution in [0, 0.1) is 26.7 Å². The number of methoxy groups -OCH3 is 1. The van der Waals surface area contributed by atoms with E-state index >= 15 is 0 Å². The lowest BCUT2D eigenvalue weighted by molar-refractivity contribution is -0.146. The molecule has 1 amide bonds. The molecule has 0 saturated heterocycles. The van der Waals surface area contributed by atoms with Crippen molar-refractivity contribution in [2.75, 3.05) is 7.11 Å². The van der Waals surface area contributed by atoms with Gasteiger partial charge in [0.25, 0.3) is 0 Å². The first-order valence-corrected chi connectivity index (χ1v) is 9.22. The normalized spacial score (nSPS) is 12.1. The zero-order valence-corrected chi connectivity index (χ0v) is 17.3. The molecule has 1 aromatic heterocycles. The van der Waals surface area contributed by atoms with Crippen LogP contribution < -0.4 is 5.32 Å². The molecule has 0 aliphatic carbocycles. The van der Waals surface area contributed by atoms with Crippen LogP contribution in [0.3, 0.4) is 0 Å². The zero-order valence-electron chi connectivity index (χ0n) is 16.6. The van der Waals surface area contributed by atoms with Crippen molar-refractivity contribution in [3.8, 4) is 5.69 Å². The van der Waals surface area contributed by atoms with E-state index in [0.29, 0.717) is 5.02 Å². The molecule has 1 aromatic carbocycles. The Balaban J connectivity index is 2.24. The number of nitrogens with zero attached hydrogens (tertiary/aromatic N) is 2. The summed E-state index contributed by atoms with van der Waals surface area (Å²) in [5.74, 6) is -0.760. The van der Waals surface area contributed by atoms with Crippen LogP contribution in [-0.2, 0) is 20.7 Å². The van der Waals surface area contributed by atoms with E-state index in [1.54, 1.807) is 4.68 Å². The van der Waals surface area contributed by atoms with Gasteiger partial charge in [-0.25, -0.2) is 9.48 Å². The largest absolute Gasteiger partial charge is 0.467 e. The number of carbonyl (C=O) groups excluding carboxylic acids is 2. The van der Waals surface area contributed by atoms with Crippen molar-refractivity contribution in [2.24, 2.45) is 5.92 Å². The van der Waals surface area contributed by atoms with Gasteiger partial charge < -0.3 is 10.1 Å². The molecule has 0 radical (unpaired) electrons. The molecule has 0 aliphatic heterocycles. The number of carbonyl (C=O) groups is 2. The van der Waals surface area contributed by atoms with Crippen LogP contribution in [0.2, 0.25) is 5.02 Å². The minimum Gasteiger partial charge on any atom is -0.467 e. The van der Waals surface area contributed by atoms with Gasteiger partial charge in [-0.1, -0.05) is 31.5 Å². The van der Waals surface area contributed by atoms with E-state index in [2.05, 4.69) is 10.4 Å². The number of ether oxygens (including phenoxy) is 1. The maximum absolute atomic E-state index is 12.5. The molecule has 2 aromatic rings. The van der Waals surface area contributed by atoms with Gasteiger partial charge in [0.1, 0.15) is 6.04 Å². The van der Waals surface area contributed by atoms with Crippen LogP contribution in [0.4, 0.5) is 0 Å². The van der Waals surface area contributed by atoms with Gasteiger partial charge in [-0.3, -0.25) is 4.79 Å². The van der Waals surface area contributed by atoms with Crippen molar-refractivity contribution in [1.82, 2.24) is 15.1 Å². The maximum atomic E-state index is 12.5. The van der Waals surface area contributed by atoms with Crippen molar-refractivity contribution in [2.45, 2.75) is 47.1 Å². The molecule has 0 aliphatic rings. The molecule has 6 nitrogen and oxygen atoms in total. The number of hydrogen-bond acceptors (Lipinski definition) is 4. The Morgan fingerprint density at radius 2 is 1.93 bits per heavy atom. The summed E-state index contributed by atoms with van der Waals surface area (Å²) in [7, 11) is 1.31. The SMILES string of the molecule is COC(=O)C(NC(=O)Cc1c(C)nn(-c2ccc(C)c(Cl)c2)c1C)C(C)C. The molecule has 146 valence electrons. The monoisotopic (exact) mass is 391 g/mol. The molecule has 1 heterocycles. The fourth-order valence-corrected chi connectivity index (χ4v) is 3.08. The van der Waals surface area contributed by atoms with Crippen molar-refractivity contribution >= 4 is 23.5 Å². The third-order valence-corrected chi connectivity index (χ3v) is 5.02. The molecule has 0 bridgehead atoms. The number of rotatable bonds is 6. The average molecular weight is 392 g/mol. The van der Waals surface area contributed by atoms with E-state index in [4.69, 9.17) is 16.3 Å². The molecule has 1 atom stereocenters. The van der Waals surface area contributed by atoms with Crippen molar-refractivity contribution in [1.29, 1.82) is 0 Å². The van der Waals surface area contributed by atoms with E-state index in [1.165, 1.54) is 7.11 Å². The molecule has 0 saturated carbocycles. The van der Waals surface area contributed by atoms with Crippen LogP contribution >= 0.6 is 11.6 Å². The first kappa shape index (κ1) is 21.0. The van der Waals surface area contributed by atoms with Gasteiger partial charge in [0, 0.05) is 16.3 Å². The quantitative estimate of drug-likeness (QED) is 0.767. The third kappa shape index (κ3) is 4.69. The second-order valence-electron chi connectivity index (χ2n) is 6.98. The maximum Gasteiger partial charge on any atom is 0.328 e. The fraction of sp³-hybridized carbons (Fsp3) is 0.450. The molecule has 0 spiro atoms. The molecule has 1 unspecified atom stereocenters. The van der Waals surface area contributed by atoms with E-state index < -0.39 is 12.0 Å². The molecular formula is C20H26ClN3O3. The highest BCUT2D eigenvalue weighted by Gasteiger charge is 2.26. The third-order valence-electron chi connectivity index (χ3n) is 4.62. The highest BCUT2D eigenvalue weighted by atomic mass is 35.5. The van der Waals surface area contributed by atoms with Gasteiger partial charge in [-0.15, -0.1) is 0 Å². The van der Waals surface area contributed by atoms with Gasteiger partial charge >= 0.3 is 5.97 Å². The highest BCUT2D eigenvalue weighted by Crippen LogP contribution is 2.23. The highest BCUT2D eigenvalue weighted by molar-refractivity contribution is 6.31. The van der Waals surface area contributed by atoms with Gasteiger partial charge in [0.15, 0.2) is 0 Å². The number of benzene rings is 1. The first-order valence-electron chi connectivity index (χ1n) is 8.84. The smallest absolute Gasteiger partial charge is 0.328 e. The fourth-order valence-electron chi connectivity index (χ4n) is 2.91. The Labute approximate surface area is 164 Å². The number of amides is 1. The Morgan fingerprint density at radius 1 is 1.26 bits per heavy atom. The standard InChI is InChI=1S/C20H26ClN3O3/c1-11(2)19(20(26)27-6)22-18(25)10-16-13(4)23-24(14(16)5)15-8-7-12(3)17(21)9-15/h7-9,11,19H,10H2,1-6H3,(H,22,25). The summed E-state index contributed by atoms with van der Waals surface area (Å²) in [5.41, 5.74) is 4.29. The Hall–Kier alpha value is -2.34. The number of halogens is 1. The summed E-state index contributed by atoms with van der Waals surface area (Å²) in [6, 6.07) is 5.06. The van der Waals surface area contributed by atoms with E-state index in [0.717, 1.165) is 28.2 Å². The lowest BCUT2D eigenvalue weighted by Gasteiger charge is -2.19. The minimum atomic E-state index is -0.672. The summed E-state index contributed by atoms with van der Waals surface area (Å²) in [6.07, 6.45) is 0.136. The first-order chi connectivity index (χ1) is 12.6. The molecule has 1 N–H and O–H groups in total. The Morgan fingerprint density at radius 3 is 2.48 bits per heavy atom. The minimum absolute atomic E-state index is 0.0685. The predicted molar refractivity (Wildman–Crippen MR) is 105 cm³/mol. The lowest BCUT2D eigenvalue weighted by atomic mass is 10.0. The molecule has 7 heteroatoms. The van der Waals surface area contributed by atoms with E-state index in [1.807, 2.05) is 52.8 Å². The summed E-state index contributed by atoms with van der Waals surface area (Å²) in [6.45, 7) is 9.43. The van der Waals surface area contributed by atoms with E-state index in [-0.39, 0.29) is 18.2 Å². The van der Waals surface area contributed by atoms with Gasteiger partial charge in [0.05, 0.1) is 24.9 Å². The summed E-state index contributed by atoms with van der Waals surface area (Å²) >= 11 is 6.23. The Kier molecular flexibility index (Phi) is 6.65. The van der Waals surface area contributed by atoms with Crippen LogP contribution in [0.1, 0.15) is 36.4 Å². The van der Waals surface area contributed by atoms with Crippen LogP contribution in [0.5, 0.6) is 0 Å². The van der Waals surface area contributed by atoms with Crippen molar-refractivity contribution in [3.63, 3.8) is 0 Å². The summed E-state index contributed by atoms with van der Waals surface area (Å²) < 4.78 is 6.55. The topological polar surface area (TPSA) is 73.2 Å². The number of hydrogen-bond donors (Lipinski definition) is 1. The average Bonchev–Trinajstić information content (AvgIpc) is 2.89. The molecular weight excluding hydrogens is 366 g/mol. The zero-order chi connectivity index (χ0) is 20.3. The second kappa shape index (κ2) is 8.57. The molecule has 2 rings (SSSR count). The lowest BCUT2D eigenvalue weighted by Crippen LogP contribution is -2.45. The number of aryl methyl sites for hydroxylation is 2. The van der Waals surface area contributed by atoms with Crippen molar-refractivity contribution < 1.29 is 14.3 Å².